The van der Waals surface area contributed by atoms with Crippen LogP contribution in [0.1, 0.15) is 17.5 Å². The van der Waals surface area contributed by atoms with Crippen molar-refractivity contribution < 1.29 is 0 Å². The number of fused-ring (bicyclic) bond motifs is 1. The summed E-state index contributed by atoms with van der Waals surface area (Å²) in [6.07, 6.45) is 4.24. The molecule has 2 rings (SSSR count). The molecule has 0 aromatic heterocycles. The quantitative estimate of drug-likeness (QED) is 0.532. The maximum absolute atomic E-state index is 4.31. The summed E-state index contributed by atoms with van der Waals surface area (Å²) in [6.45, 7) is 2.12. The van der Waals surface area contributed by atoms with Gasteiger partial charge in [-0.3, -0.25) is 4.99 Å². The van der Waals surface area contributed by atoms with Gasteiger partial charge in [0.1, 0.15) is 0 Å². The minimum absolute atomic E-state index is 1.09. The lowest BCUT2D eigenvalue weighted by Gasteiger charge is -2.09. The Labute approximate surface area is 66.8 Å². The first-order chi connectivity index (χ1) is 5.36. The van der Waals surface area contributed by atoms with Gasteiger partial charge in [0, 0.05) is 6.21 Å². The van der Waals surface area contributed by atoms with Crippen molar-refractivity contribution in [2.75, 3.05) is 0 Å². The average Bonchev–Trinajstić information content (AvgIpc) is 2.04. The van der Waals surface area contributed by atoms with Crippen LogP contribution < -0.4 is 0 Å². The summed E-state index contributed by atoms with van der Waals surface area (Å²) < 4.78 is 0. The second-order valence-electron chi connectivity index (χ2n) is 2.98. The second-order valence-corrected chi connectivity index (χ2v) is 2.98. The SMILES string of the molecule is Cc1ccc2c(c1)CCC=N2. The van der Waals surface area contributed by atoms with E-state index in [0.29, 0.717) is 0 Å². The minimum atomic E-state index is 1.09. The molecule has 56 valence electrons. The van der Waals surface area contributed by atoms with Crippen molar-refractivity contribution in [1.82, 2.24) is 0 Å². The van der Waals surface area contributed by atoms with Crippen molar-refractivity contribution >= 4 is 11.9 Å². The Balaban J connectivity index is 2.53. The fourth-order valence-electron chi connectivity index (χ4n) is 1.42. The molecule has 0 fully saturated rings. The first kappa shape index (κ1) is 6.59. The molecule has 0 saturated heterocycles. The zero-order chi connectivity index (χ0) is 7.68. The van der Waals surface area contributed by atoms with Crippen molar-refractivity contribution in [2.45, 2.75) is 19.8 Å². The largest absolute Gasteiger partial charge is 0.261 e. The summed E-state index contributed by atoms with van der Waals surface area (Å²) >= 11 is 0. The summed E-state index contributed by atoms with van der Waals surface area (Å²) in [4.78, 5) is 4.31. The van der Waals surface area contributed by atoms with Crippen LogP contribution in [0.15, 0.2) is 23.2 Å². The normalized spacial score (nSPS) is 14.6. The average molecular weight is 145 g/mol. The Kier molecular flexibility index (Phi) is 1.50. The number of nitrogens with zero attached hydrogens (tertiary/aromatic N) is 1. The second kappa shape index (κ2) is 2.50. The van der Waals surface area contributed by atoms with Crippen LogP contribution in [0.25, 0.3) is 0 Å². The molecule has 0 N–H and O–H groups in total. The van der Waals surface area contributed by atoms with E-state index in [2.05, 4.69) is 30.1 Å². The van der Waals surface area contributed by atoms with E-state index in [0.717, 1.165) is 18.5 Å². The lowest BCUT2D eigenvalue weighted by molar-refractivity contribution is 1.02. The van der Waals surface area contributed by atoms with Crippen LogP contribution in [0.3, 0.4) is 0 Å². The molecule has 1 aromatic rings. The lowest BCUT2D eigenvalue weighted by atomic mass is 10.0. The van der Waals surface area contributed by atoms with Crippen LogP contribution in [0.4, 0.5) is 5.69 Å². The number of hydrogen-bond donors (Lipinski definition) is 0. The minimum Gasteiger partial charge on any atom is -0.261 e. The maximum Gasteiger partial charge on any atom is 0.0657 e. The molecule has 0 atom stereocenters. The van der Waals surface area contributed by atoms with Crippen molar-refractivity contribution in [3.8, 4) is 0 Å². The fourth-order valence-corrected chi connectivity index (χ4v) is 1.42. The van der Waals surface area contributed by atoms with Gasteiger partial charge in [0.15, 0.2) is 0 Å². The molecule has 1 heteroatoms. The van der Waals surface area contributed by atoms with Crippen LogP contribution >= 0.6 is 0 Å². The van der Waals surface area contributed by atoms with Crippen molar-refractivity contribution in [3.63, 3.8) is 0 Å². The number of aliphatic imine (C=N–C) groups is 1. The van der Waals surface area contributed by atoms with Gasteiger partial charge in [-0.2, -0.15) is 0 Å². The third kappa shape index (κ3) is 1.18. The predicted molar refractivity (Wildman–Crippen MR) is 47.7 cm³/mol. The van der Waals surface area contributed by atoms with Crippen LogP contribution in [0.2, 0.25) is 0 Å². The fraction of sp³-hybridized carbons (Fsp3) is 0.300. The van der Waals surface area contributed by atoms with Gasteiger partial charge in [0.25, 0.3) is 0 Å². The molecule has 1 aliphatic heterocycles. The molecule has 0 bridgehead atoms. The number of hydrogen-bond acceptors (Lipinski definition) is 1. The number of rotatable bonds is 0. The summed E-state index contributed by atoms with van der Waals surface area (Å²) in [5.41, 5.74) is 3.88. The predicted octanol–water partition coefficient (Wildman–Crippen LogP) is 2.64. The van der Waals surface area contributed by atoms with E-state index in [1.165, 1.54) is 11.1 Å². The van der Waals surface area contributed by atoms with Crippen LogP contribution in [0, 0.1) is 6.92 Å². The molecule has 0 amide bonds. The highest BCUT2D eigenvalue weighted by Crippen LogP contribution is 2.24. The highest BCUT2D eigenvalue weighted by atomic mass is 14.7. The number of benzene rings is 1. The van der Waals surface area contributed by atoms with E-state index >= 15 is 0 Å². The van der Waals surface area contributed by atoms with Crippen molar-refractivity contribution in [3.05, 3.63) is 29.3 Å². The van der Waals surface area contributed by atoms with Gasteiger partial charge in [-0.25, -0.2) is 0 Å². The Morgan fingerprint density at radius 2 is 2.27 bits per heavy atom. The Morgan fingerprint density at radius 1 is 1.36 bits per heavy atom. The number of aryl methyl sites for hydroxylation is 2. The topological polar surface area (TPSA) is 12.4 Å². The van der Waals surface area contributed by atoms with Gasteiger partial charge in [-0.15, -0.1) is 0 Å². The molecule has 1 aliphatic rings. The first-order valence-corrected chi connectivity index (χ1v) is 3.98. The van der Waals surface area contributed by atoms with Gasteiger partial charge in [-0.05, 0) is 31.4 Å². The molecule has 0 saturated carbocycles. The molecule has 0 aliphatic carbocycles. The maximum atomic E-state index is 4.31. The van der Waals surface area contributed by atoms with Gasteiger partial charge in [0.2, 0.25) is 0 Å². The van der Waals surface area contributed by atoms with E-state index in [1.807, 2.05) is 6.21 Å². The highest BCUT2D eigenvalue weighted by molar-refractivity contribution is 5.68. The van der Waals surface area contributed by atoms with Crippen molar-refractivity contribution in [1.29, 1.82) is 0 Å². The van der Waals surface area contributed by atoms with Gasteiger partial charge in [-0.1, -0.05) is 17.7 Å². The highest BCUT2D eigenvalue weighted by Gasteiger charge is 2.03. The molecule has 1 nitrogen and oxygen atoms in total. The molecule has 11 heavy (non-hydrogen) atoms. The lowest BCUT2D eigenvalue weighted by Crippen LogP contribution is -1.93. The Morgan fingerprint density at radius 3 is 3.18 bits per heavy atom. The zero-order valence-corrected chi connectivity index (χ0v) is 6.67. The summed E-state index contributed by atoms with van der Waals surface area (Å²) in [7, 11) is 0. The molecule has 1 aromatic carbocycles. The smallest absolute Gasteiger partial charge is 0.0657 e. The van der Waals surface area contributed by atoms with Gasteiger partial charge in [0.05, 0.1) is 5.69 Å². The monoisotopic (exact) mass is 145 g/mol. The van der Waals surface area contributed by atoms with Crippen LogP contribution in [0.5, 0.6) is 0 Å². The summed E-state index contributed by atoms with van der Waals surface area (Å²) in [6, 6.07) is 6.44. The Bertz CT molecular complexity index is 300. The van der Waals surface area contributed by atoms with E-state index in [9.17, 15) is 0 Å². The third-order valence-electron chi connectivity index (χ3n) is 2.01. The summed E-state index contributed by atoms with van der Waals surface area (Å²) in [5.74, 6) is 0. The van der Waals surface area contributed by atoms with E-state index in [-0.39, 0.29) is 0 Å². The molecular weight excluding hydrogens is 134 g/mol. The van der Waals surface area contributed by atoms with E-state index < -0.39 is 0 Å². The van der Waals surface area contributed by atoms with Crippen LogP contribution in [-0.4, -0.2) is 6.21 Å². The standard InChI is InChI=1S/C10H11N/c1-8-4-5-10-9(7-8)3-2-6-11-10/h4-7H,2-3H2,1H3. The summed E-state index contributed by atoms with van der Waals surface area (Å²) in [5, 5.41) is 0. The molecule has 0 radical (unpaired) electrons. The third-order valence-corrected chi connectivity index (χ3v) is 2.01. The van der Waals surface area contributed by atoms with Crippen molar-refractivity contribution in [2.24, 2.45) is 4.99 Å². The van der Waals surface area contributed by atoms with E-state index in [4.69, 9.17) is 0 Å². The first-order valence-electron chi connectivity index (χ1n) is 3.98. The zero-order valence-electron chi connectivity index (χ0n) is 6.67. The van der Waals surface area contributed by atoms with Gasteiger partial charge >= 0.3 is 0 Å². The molecule has 0 spiro atoms. The molecule has 1 heterocycles. The Hall–Kier alpha value is -1.11. The molecular formula is C10H11N. The van der Waals surface area contributed by atoms with Gasteiger partial charge < -0.3 is 0 Å². The van der Waals surface area contributed by atoms with Crippen LogP contribution in [-0.2, 0) is 6.42 Å². The molecule has 0 unspecified atom stereocenters. The van der Waals surface area contributed by atoms with E-state index in [1.54, 1.807) is 0 Å².